The Morgan fingerprint density at radius 2 is 2.05 bits per heavy atom. The summed E-state index contributed by atoms with van der Waals surface area (Å²) in [6, 6.07) is 9.18. The molecule has 3 N–H and O–H groups in total. The second-order valence-electron chi connectivity index (χ2n) is 3.83. The van der Waals surface area contributed by atoms with E-state index in [1.54, 1.807) is 18.2 Å². The minimum Gasteiger partial charge on any atom is -0.398 e. The first-order valence-electron chi connectivity index (χ1n) is 5.36. The Labute approximate surface area is 124 Å². The Balaban J connectivity index is 2.30. The van der Waals surface area contributed by atoms with Crippen molar-refractivity contribution in [1.82, 2.24) is 4.98 Å². The predicted molar refractivity (Wildman–Crippen MR) is 78.3 cm³/mol. The normalized spacial score (nSPS) is 10.8. The molecule has 0 amide bonds. The quantitative estimate of drug-likeness (QED) is 0.822. The Bertz CT molecular complexity index is 782. The molecule has 1 heterocycles. The van der Waals surface area contributed by atoms with Crippen LogP contribution in [0.3, 0.4) is 0 Å². The van der Waals surface area contributed by atoms with Gasteiger partial charge in [0.1, 0.15) is 16.7 Å². The highest BCUT2D eigenvalue weighted by molar-refractivity contribution is 9.10. The Hall–Kier alpha value is -2.11. The van der Waals surface area contributed by atoms with Crippen molar-refractivity contribution in [2.24, 2.45) is 0 Å². The summed E-state index contributed by atoms with van der Waals surface area (Å²) in [7, 11) is -3.75. The third-order valence-electron chi connectivity index (χ3n) is 2.41. The van der Waals surface area contributed by atoms with E-state index in [9.17, 15) is 8.42 Å². The molecule has 2 aromatic rings. The summed E-state index contributed by atoms with van der Waals surface area (Å²) in [6.07, 6.45) is 1.13. The van der Waals surface area contributed by atoms with Crippen LogP contribution in [-0.2, 0) is 10.0 Å². The molecule has 1 aromatic carbocycles. The van der Waals surface area contributed by atoms with E-state index in [0.717, 1.165) is 6.20 Å². The first kappa shape index (κ1) is 14.3. The fraction of sp³-hybridized carbons (Fsp3) is 0. The van der Waals surface area contributed by atoms with E-state index in [2.05, 4.69) is 25.6 Å². The van der Waals surface area contributed by atoms with Crippen molar-refractivity contribution in [2.45, 2.75) is 4.90 Å². The summed E-state index contributed by atoms with van der Waals surface area (Å²) in [5.41, 5.74) is 6.66. The van der Waals surface area contributed by atoms with E-state index in [1.165, 1.54) is 12.1 Å². The zero-order chi connectivity index (χ0) is 14.8. The number of hydrogen-bond acceptors (Lipinski definition) is 5. The van der Waals surface area contributed by atoms with Gasteiger partial charge in [0, 0.05) is 16.4 Å². The van der Waals surface area contributed by atoms with Crippen molar-refractivity contribution in [3.8, 4) is 6.07 Å². The van der Waals surface area contributed by atoms with E-state index in [0.29, 0.717) is 15.8 Å². The zero-order valence-electron chi connectivity index (χ0n) is 10.0. The zero-order valence-corrected chi connectivity index (χ0v) is 12.4. The largest absolute Gasteiger partial charge is 0.398 e. The SMILES string of the molecule is N#Cc1ccc(S(=O)(=O)Nc2ccc(N)c(Br)c2)cn1. The number of hydrogen-bond donors (Lipinski definition) is 2. The molecule has 20 heavy (non-hydrogen) atoms. The summed E-state index contributed by atoms with van der Waals surface area (Å²) in [4.78, 5) is 3.70. The highest BCUT2D eigenvalue weighted by atomic mass is 79.9. The maximum atomic E-state index is 12.1. The summed E-state index contributed by atoms with van der Waals surface area (Å²) >= 11 is 3.22. The van der Waals surface area contributed by atoms with Gasteiger partial charge in [-0.25, -0.2) is 13.4 Å². The van der Waals surface area contributed by atoms with Crippen LogP contribution in [0.2, 0.25) is 0 Å². The molecule has 0 aliphatic carbocycles. The van der Waals surface area contributed by atoms with Gasteiger partial charge >= 0.3 is 0 Å². The van der Waals surface area contributed by atoms with Gasteiger partial charge in [-0.05, 0) is 46.3 Å². The molecule has 102 valence electrons. The molecule has 0 bridgehead atoms. The number of sulfonamides is 1. The highest BCUT2D eigenvalue weighted by Crippen LogP contribution is 2.24. The van der Waals surface area contributed by atoms with Gasteiger partial charge in [0.2, 0.25) is 0 Å². The van der Waals surface area contributed by atoms with Crippen LogP contribution in [0.15, 0.2) is 45.9 Å². The molecule has 1 aromatic heterocycles. The first-order chi connectivity index (χ1) is 9.42. The van der Waals surface area contributed by atoms with Crippen molar-refractivity contribution in [3.63, 3.8) is 0 Å². The molecule has 0 atom stereocenters. The summed E-state index contributed by atoms with van der Waals surface area (Å²) in [6.45, 7) is 0. The minimum absolute atomic E-state index is 0.0237. The third kappa shape index (κ3) is 3.07. The fourth-order valence-corrected chi connectivity index (χ4v) is 2.78. The molecule has 2 rings (SSSR count). The number of anilines is 2. The van der Waals surface area contributed by atoms with Crippen LogP contribution in [0.5, 0.6) is 0 Å². The highest BCUT2D eigenvalue weighted by Gasteiger charge is 2.15. The number of nitrogens with one attached hydrogen (secondary N) is 1. The second kappa shape index (κ2) is 5.48. The van der Waals surface area contributed by atoms with E-state index >= 15 is 0 Å². The lowest BCUT2D eigenvalue weighted by molar-refractivity contribution is 0.601. The van der Waals surface area contributed by atoms with Crippen molar-refractivity contribution in [1.29, 1.82) is 5.26 Å². The van der Waals surface area contributed by atoms with Crippen LogP contribution in [0.4, 0.5) is 11.4 Å². The molecule has 0 unspecified atom stereocenters. The molecule has 0 aliphatic heterocycles. The average molecular weight is 353 g/mol. The topological polar surface area (TPSA) is 109 Å². The van der Waals surface area contributed by atoms with Crippen LogP contribution >= 0.6 is 15.9 Å². The van der Waals surface area contributed by atoms with E-state index in [-0.39, 0.29) is 10.6 Å². The Morgan fingerprint density at radius 1 is 1.30 bits per heavy atom. The molecule has 0 fully saturated rings. The van der Waals surface area contributed by atoms with E-state index in [1.807, 2.05) is 6.07 Å². The molecular weight excluding hydrogens is 344 g/mol. The summed E-state index contributed by atoms with van der Waals surface area (Å²) < 4.78 is 27.2. The summed E-state index contributed by atoms with van der Waals surface area (Å²) in [5.74, 6) is 0. The van der Waals surface area contributed by atoms with Gasteiger partial charge in [0.25, 0.3) is 10.0 Å². The summed E-state index contributed by atoms with van der Waals surface area (Å²) in [5, 5.41) is 8.63. The van der Waals surface area contributed by atoms with Gasteiger partial charge in [-0.15, -0.1) is 0 Å². The van der Waals surface area contributed by atoms with Crippen LogP contribution in [0.1, 0.15) is 5.69 Å². The van der Waals surface area contributed by atoms with Crippen LogP contribution in [0, 0.1) is 11.3 Å². The molecule has 0 aliphatic rings. The maximum absolute atomic E-state index is 12.1. The standard InChI is InChI=1S/C12H9BrN4O2S/c13-11-5-8(2-4-12(11)15)17-20(18,19)10-3-1-9(6-14)16-7-10/h1-5,7,17H,15H2. The number of benzene rings is 1. The number of nitrogen functional groups attached to an aromatic ring is 1. The lowest BCUT2D eigenvalue weighted by Gasteiger charge is -2.09. The van der Waals surface area contributed by atoms with E-state index in [4.69, 9.17) is 11.0 Å². The minimum atomic E-state index is -3.75. The monoisotopic (exact) mass is 352 g/mol. The van der Waals surface area contributed by atoms with Gasteiger partial charge in [0.15, 0.2) is 0 Å². The Kier molecular flexibility index (Phi) is 3.92. The van der Waals surface area contributed by atoms with Crippen molar-refractivity contribution >= 4 is 37.3 Å². The van der Waals surface area contributed by atoms with Gasteiger partial charge in [-0.2, -0.15) is 5.26 Å². The molecule has 8 heteroatoms. The number of nitrogens with zero attached hydrogens (tertiary/aromatic N) is 2. The number of pyridine rings is 1. The average Bonchev–Trinajstić information content (AvgIpc) is 2.43. The van der Waals surface area contributed by atoms with E-state index < -0.39 is 10.0 Å². The predicted octanol–water partition coefficient (Wildman–Crippen LogP) is 2.10. The molecule has 0 spiro atoms. The number of nitriles is 1. The van der Waals surface area contributed by atoms with Crippen molar-refractivity contribution in [3.05, 3.63) is 46.7 Å². The third-order valence-corrected chi connectivity index (χ3v) is 4.47. The van der Waals surface area contributed by atoms with Gasteiger partial charge < -0.3 is 5.73 Å². The smallest absolute Gasteiger partial charge is 0.263 e. The number of halogens is 1. The molecule has 0 saturated carbocycles. The van der Waals surface area contributed by atoms with Crippen molar-refractivity contribution in [2.75, 3.05) is 10.5 Å². The maximum Gasteiger partial charge on any atom is 0.263 e. The lowest BCUT2D eigenvalue weighted by atomic mass is 10.3. The number of nitrogens with two attached hydrogens (primary N) is 1. The van der Waals surface area contributed by atoms with Crippen LogP contribution in [0.25, 0.3) is 0 Å². The molecule has 0 radical (unpaired) electrons. The number of aromatic nitrogens is 1. The first-order valence-corrected chi connectivity index (χ1v) is 7.64. The van der Waals surface area contributed by atoms with Gasteiger partial charge in [-0.3, -0.25) is 4.72 Å². The fourth-order valence-electron chi connectivity index (χ4n) is 1.41. The van der Waals surface area contributed by atoms with Crippen LogP contribution < -0.4 is 10.5 Å². The second-order valence-corrected chi connectivity index (χ2v) is 6.37. The molecular formula is C12H9BrN4O2S. The van der Waals surface area contributed by atoms with Crippen molar-refractivity contribution < 1.29 is 8.42 Å². The van der Waals surface area contributed by atoms with Gasteiger partial charge in [-0.1, -0.05) is 0 Å². The molecule has 0 saturated heterocycles. The molecule has 6 nitrogen and oxygen atoms in total. The lowest BCUT2D eigenvalue weighted by Crippen LogP contribution is -2.13. The Morgan fingerprint density at radius 3 is 2.60 bits per heavy atom. The number of rotatable bonds is 3. The van der Waals surface area contributed by atoms with Crippen LogP contribution in [-0.4, -0.2) is 13.4 Å². The van der Waals surface area contributed by atoms with Gasteiger partial charge in [0.05, 0.1) is 5.69 Å².